The number of nitrogens with one attached hydrogen (secondary N) is 1. The van der Waals surface area contributed by atoms with Gasteiger partial charge in [-0.2, -0.15) is 0 Å². The van der Waals surface area contributed by atoms with E-state index in [1.54, 1.807) is 39.0 Å². The summed E-state index contributed by atoms with van der Waals surface area (Å²) in [5, 5.41) is 2.91. The monoisotopic (exact) mass is 404 g/mol. The van der Waals surface area contributed by atoms with Crippen LogP contribution in [0.4, 0.5) is 0 Å². The van der Waals surface area contributed by atoms with Gasteiger partial charge in [-0.15, -0.1) is 0 Å². The van der Waals surface area contributed by atoms with Crippen LogP contribution in [0.2, 0.25) is 5.02 Å². The molecule has 0 unspecified atom stereocenters. The van der Waals surface area contributed by atoms with Gasteiger partial charge in [0, 0.05) is 16.8 Å². The van der Waals surface area contributed by atoms with E-state index in [4.69, 9.17) is 16.3 Å². The molecule has 0 saturated heterocycles. The van der Waals surface area contributed by atoms with Crippen LogP contribution in [-0.2, 0) is 14.3 Å². The van der Waals surface area contributed by atoms with Gasteiger partial charge in [-0.05, 0) is 44.5 Å². The highest BCUT2D eigenvalue weighted by molar-refractivity contribution is 6.30. The fraction of sp³-hybridized carbons (Fsp3) is 0.300. The minimum absolute atomic E-state index is 0.0141. The maximum atomic E-state index is 12.4. The maximum absolute atomic E-state index is 12.4. The maximum Gasteiger partial charge on any atom is 0.325 e. The second kappa shape index (κ2) is 8.84. The van der Waals surface area contributed by atoms with Crippen molar-refractivity contribution in [1.82, 2.24) is 10.3 Å². The number of amides is 1. The van der Waals surface area contributed by atoms with Crippen LogP contribution >= 0.6 is 11.6 Å². The number of benzene rings is 1. The lowest BCUT2D eigenvalue weighted by atomic mass is 9.97. The van der Waals surface area contributed by atoms with E-state index >= 15 is 0 Å². The molecule has 0 radical (unpaired) electrons. The third kappa shape index (κ3) is 5.53. The molecule has 1 aromatic heterocycles. The van der Waals surface area contributed by atoms with Crippen LogP contribution in [0.3, 0.4) is 0 Å². The van der Waals surface area contributed by atoms with Gasteiger partial charge in [0.1, 0.15) is 6.54 Å². The van der Waals surface area contributed by atoms with Crippen molar-refractivity contribution in [2.45, 2.75) is 20.8 Å². The molecule has 1 amide bonds. The van der Waals surface area contributed by atoms with Crippen molar-refractivity contribution in [1.29, 1.82) is 0 Å². The standard InChI is InChI=1S/C20H21ClN2O5/c1-20(2,3)19(26)28-15-9-13(12-6-5-7-14(21)8-12)10-22-17(15)18(25)23-11-16(24)27-4/h5-10H,11H2,1-4H3,(H,23,25). The average Bonchev–Trinajstić information content (AvgIpc) is 2.65. The van der Waals surface area contributed by atoms with Crippen molar-refractivity contribution in [3.63, 3.8) is 0 Å². The number of aromatic nitrogens is 1. The van der Waals surface area contributed by atoms with Crippen LogP contribution in [0, 0.1) is 5.41 Å². The number of methoxy groups -OCH3 is 1. The molecule has 0 aliphatic rings. The number of carbonyl (C=O) groups is 3. The van der Waals surface area contributed by atoms with Crippen LogP contribution < -0.4 is 10.1 Å². The van der Waals surface area contributed by atoms with Gasteiger partial charge < -0.3 is 14.8 Å². The fourth-order valence-corrected chi connectivity index (χ4v) is 2.27. The summed E-state index contributed by atoms with van der Waals surface area (Å²) in [6.07, 6.45) is 1.47. The third-order valence-corrected chi connectivity index (χ3v) is 3.90. The zero-order valence-corrected chi connectivity index (χ0v) is 16.8. The van der Waals surface area contributed by atoms with Gasteiger partial charge in [-0.3, -0.25) is 14.4 Å². The number of pyridine rings is 1. The SMILES string of the molecule is COC(=O)CNC(=O)c1ncc(-c2cccc(Cl)c2)cc1OC(=O)C(C)(C)C. The molecule has 1 aromatic carbocycles. The number of rotatable bonds is 5. The van der Waals surface area contributed by atoms with E-state index in [2.05, 4.69) is 15.0 Å². The minimum Gasteiger partial charge on any atom is -0.468 e. The third-order valence-electron chi connectivity index (χ3n) is 3.66. The highest BCUT2D eigenvalue weighted by Crippen LogP contribution is 2.29. The lowest BCUT2D eigenvalue weighted by Crippen LogP contribution is -2.32. The second-order valence-electron chi connectivity index (χ2n) is 6.98. The highest BCUT2D eigenvalue weighted by atomic mass is 35.5. The van der Waals surface area contributed by atoms with Crippen LogP contribution in [0.1, 0.15) is 31.3 Å². The van der Waals surface area contributed by atoms with Crippen molar-refractivity contribution in [2.24, 2.45) is 5.41 Å². The number of carbonyl (C=O) groups excluding carboxylic acids is 3. The van der Waals surface area contributed by atoms with Gasteiger partial charge >= 0.3 is 11.9 Å². The van der Waals surface area contributed by atoms with Crippen LogP contribution in [0.15, 0.2) is 36.5 Å². The first kappa shape index (κ1) is 21.4. The lowest BCUT2D eigenvalue weighted by Gasteiger charge is -2.18. The Bertz CT molecular complexity index is 906. The summed E-state index contributed by atoms with van der Waals surface area (Å²) < 4.78 is 9.94. The van der Waals surface area contributed by atoms with E-state index < -0.39 is 23.3 Å². The normalized spacial score (nSPS) is 10.9. The Morgan fingerprint density at radius 3 is 2.46 bits per heavy atom. The molecule has 8 heteroatoms. The smallest absolute Gasteiger partial charge is 0.325 e. The van der Waals surface area contributed by atoms with E-state index in [9.17, 15) is 14.4 Å². The van der Waals surface area contributed by atoms with Gasteiger partial charge in [0.15, 0.2) is 11.4 Å². The molecule has 0 atom stereocenters. The summed E-state index contributed by atoms with van der Waals surface area (Å²) in [4.78, 5) is 40.2. The molecule has 0 aliphatic heterocycles. The van der Waals surface area contributed by atoms with Crippen molar-refractivity contribution in [2.75, 3.05) is 13.7 Å². The van der Waals surface area contributed by atoms with Crippen LogP contribution in [-0.4, -0.2) is 36.5 Å². The summed E-state index contributed by atoms with van der Waals surface area (Å²) in [6, 6.07) is 8.58. The zero-order chi connectivity index (χ0) is 20.9. The number of hydrogen-bond acceptors (Lipinski definition) is 6. The lowest BCUT2D eigenvalue weighted by molar-refractivity contribution is -0.143. The van der Waals surface area contributed by atoms with Crippen LogP contribution in [0.25, 0.3) is 11.1 Å². The predicted molar refractivity (Wildman–Crippen MR) is 104 cm³/mol. The molecule has 1 N–H and O–H groups in total. The minimum atomic E-state index is -0.786. The van der Waals surface area contributed by atoms with Crippen molar-refractivity contribution >= 4 is 29.4 Å². The summed E-state index contributed by atoms with van der Waals surface area (Å²) in [7, 11) is 1.21. The Hall–Kier alpha value is -2.93. The molecule has 1 heterocycles. The number of ether oxygens (including phenoxy) is 2. The number of hydrogen-bond donors (Lipinski definition) is 1. The molecule has 0 aliphatic carbocycles. The zero-order valence-electron chi connectivity index (χ0n) is 16.0. The van der Waals surface area contributed by atoms with Gasteiger partial charge in [0.2, 0.25) is 0 Å². The van der Waals surface area contributed by atoms with E-state index in [1.807, 2.05) is 6.07 Å². The molecular formula is C20H21ClN2O5. The van der Waals surface area contributed by atoms with Gasteiger partial charge in [-0.25, -0.2) is 4.98 Å². The van der Waals surface area contributed by atoms with E-state index in [0.717, 1.165) is 5.56 Å². The van der Waals surface area contributed by atoms with Crippen molar-refractivity contribution in [3.05, 3.63) is 47.2 Å². The van der Waals surface area contributed by atoms with Crippen LogP contribution in [0.5, 0.6) is 5.75 Å². The Morgan fingerprint density at radius 2 is 1.86 bits per heavy atom. The predicted octanol–water partition coefficient (Wildman–Crippen LogP) is 3.26. The average molecular weight is 405 g/mol. The molecule has 2 rings (SSSR count). The first-order chi connectivity index (χ1) is 13.1. The molecule has 0 fully saturated rings. The Kier molecular flexibility index (Phi) is 6.75. The van der Waals surface area contributed by atoms with Crippen molar-refractivity contribution < 1.29 is 23.9 Å². The van der Waals surface area contributed by atoms with E-state index in [0.29, 0.717) is 10.6 Å². The topological polar surface area (TPSA) is 94.6 Å². The summed E-state index contributed by atoms with van der Waals surface area (Å²) in [5.74, 6) is -1.82. The van der Waals surface area contributed by atoms with Gasteiger partial charge in [0.05, 0.1) is 12.5 Å². The summed E-state index contributed by atoms with van der Waals surface area (Å²) >= 11 is 6.03. The summed E-state index contributed by atoms with van der Waals surface area (Å²) in [5.41, 5.74) is 0.455. The summed E-state index contributed by atoms with van der Waals surface area (Å²) in [6.45, 7) is 4.75. The number of nitrogens with zero attached hydrogens (tertiary/aromatic N) is 1. The van der Waals surface area contributed by atoms with E-state index in [1.165, 1.54) is 19.4 Å². The second-order valence-corrected chi connectivity index (χ2v) is 7.42. The highest BCUT2D eigenvalue weighted by Gasteiger charge is 2.27. The Labute approximate surface area is 168 Å². The molecule has 7 nitrogen and oxygen atoms in total. The molecule has 2 aromatic rings. The number of esters is 2. The molecule has 0 saturated carbocycles. The molecule has 0 spiro atoms. The Morgan fingerprint density at radius 1 is 1.14 bits per heavy atom. The fourth-order valence-electron chi connectivity index (χ4n) is 2.08. The Balaban J connectivity index is 2.41. The molecular weight excluding hydrogens is 384 g/mol. The first-order valence-corrected chi connectivity index (χ1v) is 8.83. The molecule has 28 heavy (non-hydrogen) atoms. The largest absolute Gasteiger partial charge is 0.468 e. The van der Waals surface area contributed by atoms with Crippen molar-refractivity contribution in [3.8, 4) is 16.9 Å². The quantitative estimate of drug-likeness (QED) is 0.768. The van der Waals surface area contributed by atoms with E-state index in [-0.39, 0.29) is 18.0 Å². The molecule has 0 bridgehead atoms. The van der Waals surface area contributed by atoms with Gasteiger partial charge in [0.25, 0.3) is 5.91 Å². The first-order valence-electron chi connectivity index (χ1n) is 8.45. The molecule has 148 valence electrons. The number of halogens is 1. The van der Waals surface area contributed by atoms with Gasteiger partial charge in [-0.1, -0.05) is 23.7 Å².